The molecule has 0 spiro atoms. The largest absolute Gasteiger partial charge is 0.373 e. The molecule has 118 valence electrons. The summed E-state index contributed by atoms with van der Waals surface area (Å²) in [7, 11) is 0. The number of rotatable bonds is 2. The van der Waals surface area contributed by atoms with E-state index in [-0.39, 0.29) is 11.9 Å². The molecule has 1 aromatic carbocycles. The van der Waals surface area contributed by atoms with Crippen molar-refractivity contribution in [1.29, 1.82) is 0 Å². The van der Waals surface area contributed by atoms with Gasteiger partial charge in [0, 0.05) is 44.5 Å². The SMILES string of the molecule is O=C(C1Cc2ccccc2N1)N1CCN(c2ccccn2)CC1. The van der Waals surface area contributed by atoms with Gasteiger partial charge in [-0.2, -0.15) is 0 Å². The van der Waals surface area contributed by atoms with Crippen LogP contribution in [-0.4, -0.2) is 48.0 Å². The number of carbonyl (C=O) groups excluding carboxylic acids is 1. The van der Waals surface area contributed by atoms with Crippen LogP contribution in [0.5, 0.6) is 0 Å². The predicted molar refractivity (Wildman–Crippen MR) is 90.6 cm³/mol. The molecule has 1 N–H and O–H groups in total. The molecular weight excluding hydrogens is 288 g/mol. The van der Waals surface area contributed by atoms with Crippen molar-refractivity contribution < 1.29 is 4.79 Å². The fourth-order valence-corrected chi connectivity index (χ4v) is 3.36. The monoisotopic (exact) mass is 308 g/mol. The second-order valence-electron chi connectivity index (χ2n) is 6.06. The van der Waals surface area contributed by atoms with Crippen molar-refractivity contribution in [3.8, 4) is 0 Å². The molecule has 5 heteroatoms. The first-order valence-electron chi connectivity index (χ1n) is 8.10. The Balaban J connectivity index is 1.37. The summed E-state index contributed by atoms with van der Waals surface area (Å²) in [6, 6.07) is 14.0. The molecule has 0 aliphatic carbocycles. The third kappa shape index (κ3) is 2.74. The van der Waals surface area contributed by atoms with Crippen molar-refractivity contribution in [3.63, 3.8) is 0 Å². The maximum absolute atomic E-state index is 12.7. The van der Waals surface area contributed by atoms with E-state index in [0.29, 0.717) is 0 Å². The van der Waals surface area contributed by atoms with Gasteiger partial charge in [0.1, 0.15) is 11.9 Å². The quantitative estimate of drug-likeness (QED) is 0.918. The summed E-state index contributed by atoms with van der Waals surface area (Å²) in [6.45, 7) is 3.18. The molecule has 1 amide bonds. The van der Waals surface area contributed by atoms with E-state index in [4.69, 9.17) is 0 Å². The Hall–Kier alpha value is -2.56. The summed E-state index contributed by atoms with van der Waals surface area (Å²) >= 11 is 0. The lowest BCUT2D eigenvalue weighted by atomic mass is 10.1. The Bertz CT molecular complexity index is 670. The second kappa shape index (κ2) is 5.91. The number of nitrogens with zero attached hydrogens (tertiary/aromatic N) is 3. The van der Waals surface area contributed by atoms with Crippen LogP contribution in [0.25, 0.3) is 0 Å². The highest BCUT2D eigenvalue weighted by Gasteiger charge is 2.31. The molecule has 1 aromatic heterocycles. The second-order valence-corrected chi connectivity index (χ2v) is 6.06. The molecule has 1 atom stereocenters. The molecule has 0 saturated carbocycles. The number of carbonyl (C=O) groups is 1. The van der Waals surface area contributed by atoms with E-state index in [1.165, 1.54) is 5.56 Å². The van der Waals surface area contributed by atoms with Gasteiger partial charge in [-0.05, 0) is 23.8 Å². The molecule has 4 rings (SSSR count). The van der Waals surface area contributed by atoms with Crippen LogP contribution in [0.1, 0.15) is 5.56 Å². The first-order valence-corrected chi connectivity index (χ1v) is 8.10. The van der Waals surface area contributed by atoms with Gasteiger partial charge < -0.3 is 15.1 Å². The summed E-state index contributed by atoms with van der Waals surface area (Å²) < 4.78 is 0. The van der Waals surface area contributed by atoms with Crippen LogP contribution >= 0.6 is 0 Å². The smallest absolute Gasteiger partial charge is 0.245 e. The topological polar surface area (TPSA) is 48.5 Å². The minimum atomic E-state index is -0.117. The fourth-order valence-electron chi connectivity index (χ4n) is 3.36. The van der Waals surface area contributed by atoms with Crippen LogP contribution in [-0.2, 0) is 11.2 Å². The van der Waals surface area contributed by atoms with Crippen molar-refractivity contribution in [3.05, 3.63) is 54.2 Å². The molecular formula is C18H20N4O. The number of benzene rings is 1. The van der Waals surface area contributed by atoms with E-state index in [1.54, 1.807) is 0 Å². The number of aromatic nitrogens is 1. The molecule has 5 nitrogen and oxygen atoms in total. The van der Waals surface area contributed by atoms with Gasteiger partial charge in [-0.25, -0.2) is 4.98 Å². The Morgan fingerprint density at radius 2 is 1.83 bits per heavy atom. The Morgan fingerprint density at radius 1 is 1.04 bits per heavy atom. The lowest BCUT2D eigenvalue weighted by Crippen LogP contribution is -2.52. The lowest BCUT2D eigenvalue weighted by Gasteiger charge is -2.36. The zero-order chi connectivity index (χ0) is 15.6. The molecule has 2 aliphatic heterocycles. The van der Waals surface area contributed by atoms with Crippen molar-refractivity contribution in [2.75, 3.05) is 36.4 Å². The summed E-state index contributed by atoms with van der Waals surface area (Å²) in [6.07, 6.45) is 2.60. The van der Waals surface area contributed by atoms with Gasteiger partial charge >= 0.3 is 0 Å². The van der Waals surface area contributed by atoms with E-state index < -0.39 is 0 Å². The molecule has 0 radical (unpaired) electrons. The zero-order valence-corrected chi connectivity index (χ0v) is 13.0. The van der Waals surface area contributed by atoms with Gasteiger partial charge in [0.2, 0.25) is 5.91 Å². The summed E-state index contributed by atoms with van der Waals surface area (Å²) in [4.78, 5) is 21.3. The van der Waals surface area contributed by atoms with Gasteiger partial charge in [0.05, 0.1) is 0 Å². The van der Waals surface area contributed by atoms with Gasteiger partial charge in [-0.15, -0.1) is 0 Å². The Labute approximate surface area is 135 Å². The number of nitrogens with one attached hydrogen (secondary N) is 1. The average molecular weight is 308 g/mol. The number of amides is 1. The van der Waals surface area contributed by atoms with E-state index in [1.807, 2.05) is 47.5 Å². The molecule has 1 saturated heterocycles. The number of pyridine rings is 1. The number of fused-ring (bicyclic) bond motifs is 1. The summed E-state index contributed by atoms with van der Waals surface area (Å²) in [5, 5.41) is 3.36. The van der Waals surface area contributed by atoms with Crippen LogP contribution in [0.15, 0.2) is 48.7 Å². The number of hydrogen-bond acceptors (Lipinski definition) is 4. The van der Waals surface area contributed by atoms with Gasteiger partial charge in [-0.1, -0.05) is 24.3 Å². The number of piperazine rings is 1. The number of hydrogen-bond donors (Lipinski definition) is 1. The molecule has 2 aliphatic rings. The van der Waals surface area contributed by atoms with Crippen LogP contribution in [0.4, 0.5) is 11.5 Å². The normalized spacial score (nSPS) is 20.1. The van der Waals surface area contributed by atoms with Crippen molar-refractivity contribution in [2.24, 2.45) is 0 Å². The Morgan fingerprint density at radius 3 is 2.57 bits per heavy atom. The molecule has 1 fully saturated rings. The standard InChI is InChI=1S/C18H20N4O/c23-18(16-13-14-5-1-2-6-15(14)20-16)22-11-9-21(10-12-22)17-7-3-4-8-19-17/h1-8,16,20H,9-13H2. The van der Waals surface area contributed by atoms with Crippen LogP contribution < -0.4 is 10.2 Å². The van der Waals surface area contributed by atoms with Crippen LogP contribution in [0.3, 0.4) is 0 Å². The molecule has 3 heterocycles. The highest BCUT2D eigenvalue weighted by molar-refractivity contribution is 5.87. The van der Waals surface area contributed by atoms with E-state index in [2.05, 4.69) is 21.3 Å². The number of para-hydroxylation sites is 1. The maximum atomic E-state index is 12.7. The number of anilines is 2. The van der Waals surface area contributed by atoms with Crippen LogP contribution in [0.2, 0.25) is 0 Å². The zero-order valence-electron chi connectivity index (χ0n) is 13.0. The highest BCUT2D eigenvalue weighted by Crippen LogP contribution is 2.26. The van der Waals surface area contributed by atoms with E-state index >= 15 is 0 Å². The van der Waals surface area contributed by atoms with Crippen molar-refractivity contribution >= 4 is 17.4 Å². The molecule has 1 unspecified atom stereocenters. The van der Waals surface area contributed by atoms with E-state index in [0.717, 1.165) is 44.1 Å². The summed E-state index contributed by atoms with van der Waals surface area (Å²) in [5.41, 5.74) is 2.33. The highest BCUT2D eigenvalue weighted by atomic mass is 16.2. The Kier molecular flexibility index (Phi) is 3.61. The first-order chi connectivity index (χ1) is 11.3. The predicted octanol–water partition coefficient (Wildman–Crippen LogP) is 1.77. The maximum Gasteiger partial charge on any atom is 0.245 e. The lowest BCUT2D eigenvalue weighted by molar-refractivity contribution is -0.132. The van der Waals surface area contributed by atoms with Gasteiger partial charge in [0.25, 0.3) is 0 Å². The van der Waals surface area contributed by atoms with Crippen molar-refractivity contribution in [2.45, 2.75) is 12.5 Å². The third-order valence-electron chi connectivity index (χ3n) is 4.63. The average Bonchev–Trinajstić information content (AvgIpc) is 3.06. The van der Waals surface area contributed by atoms with Crippen LogP contribution in [0, 0.1) is 0 Å². The minimum absolute atomic E-state index is 0.117. The fraction of sp³-hybridized carbons (Fsp3) is 0.333. The molecule has 2 aromatic rings. The third-order valence-corrected chi connectivity index (χ3v) is 4.63. The minimum Gasteiger partial charge on any atom is -0.373 e. The van der Waals surface area contributed by atoms with E-state index in [9.17, 15) is 4.79 Å². The van der Waals surface area contributed by atoms with Gasteiger partial charge in [-0.3, -0.25) is 4.79 Å². The molecule has 0 bridgehead atoms. The van der Waals surface area contributed by atoms with Crippen molar-refractivity contribution in [1.82, 2.24) is 9.88 Å². The first kappa shape index (κ1) is 14.1. The van der Waals surface area contributed by atoms with Gasteiger partial charge in [0.15, 0.2) is 0 Å². The summed E-state index contributed by atoms with van der Waals surface area (Å²) in [5.74, 6) is 1.20. The molecule has 23 heavy (non-hydrogen) atoms.